The highest BCUT2D eigenvalue weighted by Gasteiger charge is 2.32. The van der Waals surface area contributed by atoms with Gasteiger partial charge in [-0.1, -0.05) is 11.6 Å². The molecule has 2 amide bonds. The monoisotopic (exact) mass is 314 g/mol. The van der Waals surface area contributed by atoms with Crippen LogP contribution in [0.2, 0.25) is 5.02 Å². The SMILES string of the molecule is NC(=O)[C@H]1CCN(C(=O)c2sc3sccc3c2Cl)C1. The van der Waals surface area contributed by atoms with Crippen LogP contribution < -0.4 is 5.73 Å². The van der Waals surface area contributed by atoms with E-state index in [-0.39, 0.29) is 17.7 Å². The summed E-state index contributed by atoms with van der Waals surface area (Å²) in [6.45, 7) is 0.963. The number of primary amides is 1. The molecule has 0 spiro atoms. The van der Waals surface area contributed by atoms with Crippen molar-refractivity contribution in [3.63, 3.8) is 0 Å². The van der Waals surface area contributed by atoms with E-state index in [1.54, 1.807) is 16.2 Å². The van der Waals surface area contributed by atoms with Crippen LogP contribution in [-0.2, 0) is 4.79 Å². The predicted molar refractivity (Wildman–Crippen MR) is 77.9 cm³/mol. The van der Waals surface area contributed by atoms with Gasteiger partial charge < -0.3 is 10.6 Å². The van der Waals surface area contributed by atoms with Gasteiger partial charge in [0, 0.05) is 18.5 Å². The number of halogens is 1. The number of hydrogen-bond acceptors (Lipinski definition) is 4. The highest BCUT2D eigenvalue weighted by molar-refractivity contribution is 7.38. The standard InChI is InChI=1S/C12H11ClN2O2S2/c13-8-7-2-4-18-12(7)19-9(8)11(17)15-3-1-6(5-15)10(14)16/h2,4,6H,1,3,5H2,(H2,14,16)/t6-/m0/s1. The molecule has 3 rings (SSSR count). The minimum atomic E-state index is -0.339. The first-order chi connectivity index (χ1) is 9.08. The average molecular weight is 315 g/mol. The van der Waals surface area contributed by atoms with Gasteiger partial charge in [0.2, 0.25) is 5.91 Å². The summed E-state index contributed by atoms with van der Waals surface area (Å²) >= 11 is 9.24. The van der Waals surface area contributed by atoms with E-state index in [1.807, 2.05) is 11.4 Å². The molecule has 4 nitrogen and oxygen atoms in total. The molecule has 1 atom stereocenters. The Morgan fingerprint density at radius 2 is 2.26 bits per heavy atom. The third-order valence-corrected chi connectivity index (χ3v) is 6.07. The van der Waals surface area contributed by atoms with Crippen molar-refractivity contribution >= 4 is 55.5 Å². The topological polar surface area (TPSA) is 63.4 Å². The summed E-state index contributed by atoms with van der Waals surface area (Å²) in [6, 6.07) is 1.92. The van der Waals surface area contributed by atoms with E-state index in [1.165, 1.54) is 11.3 Å². The first-order valence-corrected chi connectivity index (χ1v) is 7.89. The summed E-state index contributed by atoms with van der Waals surface area (Å²) in [5, 5.41) is 3.42. The van der Waals surface area contributed by atoms with Crippen LogP contribution in [0, 0.1) is 5.92 Å². The van der Waals surface area contributed by atoms with E-state index in [0.29, 0.717) is 29.4 Å². The minimum absolute atomic E-state index is 0.0952. The van der Waals surface area contributed by atoms with Gasteiger partial charge in [0.25, 0.3) is 5.91 Å². The Morgan fingerprint density at radius 3 is 2.89 bits per heavy atom. The lowest BCUT2D eigenvalue weighted by Crippen LogP contribution is -2.31. The zero-order valence-corrected chi connectivity index (χ0v) is 12.3. The molecule has 100 valence electrons. The molecule has 2 aromatic heterocycles. The van der Waals surface area contributed by atoms with E-state index in [4.69, 9.17) is 17.3 Å². The molecule has 19 heavy (non-hydrogen) atoms. The second kappa shape index (κ2) is 4.77. The molecular weight excluding hydrogens is 304 g/mol. The van der Waals surface area contributed by atoms with Gasteiger partial charge in [-0.15, -0.1) is 22.7 Å². The van der Waals surface area contributed by atoms with Gasteiger partial charge in [-0.05, 0) is 17.9 Å². The van der Waals surface area contributed by atoms with Gasteiger partial charge in [-0.3, -0.25) is 9.59 Å². The molecule has 0 unspecified atom stereocenters. The molecule has 1 saturated heterocycles. The molecule has 2 N–H and O–H groups in total. The number of likely N-dealkylation sites (tertiary alicyclic amines) is 1. The third-order valence-electron chi connectivity index (χ3n) is 3.33. The lowest BCUT2D eigenvalue weighted by Gasteiger charge is -2.14. The molecular formula is C12H11ClN2O2S2. The average Bonchev–Trinajstić information content (AvgIpc) is 3.05. The summed E-state index contributed by atoms with van der Waals surface area (Å²) in [5.41, 5.74) is 5.27. The first kappa shape index (κ1) is 12.9. The molecule has 2 aromatic rings. The van der Waals surface area contributed by atoms with Crippen LogP contribution >= 0.6 is 34.3 Å². The van der Waals surface area contributed by atoms with Crippen molar-refractivity contribution in [2.45, 2.75) is 6.42 Å². The highest BCUT2D eigenvalue weighted by Crippen LogP contribution is 2.39. The van der Waals surface area contributed by atoms with E-state index >= 15 is 0 Å². The van der Waals surface area contributed by atoms with Crippen LogP contribution in [0.4, 0.5) is 0 Å². The zero-order valence-electron chi connectivity index (χ0n) is 9.89. The maximum atomic E-state index is 12.4. The van der Waals surface area contributed by atoms with Crippen molar-refractivity contribution in [3.05, 3.63) is 21.3 Å². The van der Waals surface area contributed by atoms with Crippen LogP contribution in [0.15, 0.2) is 11.4 Å². The van der Waals surface area contributed by atoms with Gasteiger partial charge in [-0.2, -0.15) is 0 Å². The lowest BCUT2D eigenvalue weighted by atomic mass is 10.1. The van der Waals surface area contributed by atoms with Gasteiger partial charge >= 0.3 is 0 Å². The van der Waals surface area contributed by atoms with Crippen LogP contribution in [0.5, 0.6) is 0 Å². The van der Waals surface area contributed by atoms with Gasteiger partial charge in [0.1, 0.15) is 4.88 Å². The van der Waals surface area contributed by atoms with Crippen molar-refractivity contribution < 1.29 is 9.59 Å². The Morgan fingerprint density at radius 1 is 1.47 bits per heavy atom. The molecule has 1 aliphatic rings. The maximum absolute atomic E-state index is 12.4. The van der Waals surface area contributed by atoms with Crippen molar-refractivity contribution in [2.24, 2.45) is 11.7 Å². The van der Waals surface area contributed by atoms with Crippen molar-refractivity contribution in [1.29, 1.82) is 0 Å². The van der Waals surface area contributed by atoms with Crippen molar-refractivity contribution in [1.82, 2.24) is 4.90 Å². The molecule has 3 heterocycles. The van der Waals surface area contributed by atoms with Crippen LogP contribution in [0.25, 0.3) is 9.40 Å². The summed E-state index contributed by atoms with van der Waals surface area (Å²) in [4.78, 5) is 25.8. The van der Waals surface area contributed by atoms with E-state index in [2.05, 4.69) is 0 Å². The van der Waals surface area contributed by atoms with E-state index < -0.39 is 0 Å². The normalized spacial score (nSPS) is 19.2. The summed E-state index contributed by atoms with van der Waals surface area (Å²) in [6.07, 6.45) is 0.637. The molecule has 0 radical (unpaired) electrons. The second-order valence-electron chi connectivity index (χ2n) is 4.51. The van der Waals surface area contributed by atoms with Gasteiger partial charge in [0.05, 0.1) is 15.0 Å². The fourth-order valence-electron chi connectivity index (χ4n) is 2.26. The number of carbonyl (C=O) groups excluding carboxylic acids is 2. The van der Waals surface area contributed by atoms with Crippen molar-refractivity contribution in [3.8, 4) is 0 Å². The zero-order chi connectivity index (χ0) is 13.6. The number of thiophene rings is 2. The van der Waals surface area contributed by atoms with Gasteiger partial charge in [-0.25, -0.2) is 0 Å². The first-order valence-electron chi connectivity index (χ1n) is 5.82. The summed E-state index contributed by atoms with van der Waals surface area (Å²) in [5.74, 6) is -0.667. The molecule has 1 fully saturated rings. The van der Waals surface area contributed by atoms with Crippen LogP contribution in [-0.4, -0.2) is 29.8 Å². The molecule has 0 aliphatic carbocycles. The number of nitrogens with zero attached hydrogens (tertiary/aromatic N) is 1. The Kier molecular flexibility index (Phi) is 3.24. The number of hydrogen-bond donors (Lipinski definition) is 1. The number of rotatable bonds is 2. The molecule has 0 bridgehead atoms. The predicted octanol–water partition coefficient (Wildman–Crippen LogP) is 2.56. The van der Waals surface area contributed by atoms with E-state index in [0.717, 1.165) is 9.40 Å². The molecule has 1 aliphatic heterocycles. The minimum Gasteiger partial charge on any atom is -0.369 e. The van der Waals surface area contributed by atoms with Crippen LogP contribution in [0.1, 0.15) is 16.1 Å². The molecule has 7 heteroatoms. The second-order valence-corrected chi connectivity index (χ2v) is 7.08. The number of amides is 2. The smallest absolute Gasteiger partial charge is 0.265 e. The van der Waals surface area contributed by atoms with Crippen LogP contribution in [0.3, 0.4) is 0 Å². The number of nitrogens with two attached hydrogens (primary N) is 1. The summed E-state index contributed by atoms with van der Waals surface area (Å²) in [7, 11) is 0. The highest BCUT2D eigenvalue weighted by atomic mass is 35.5. The Hall–Kier alpha value is -1.11. The largest absolute Gasteiger partial charge is 0.369 e. The lowest BCUT2D eigenvalue weighted by molar-refractivity contribution is -0.121. The fraction of sp³-hybridized carbons (Fsp3) is 0.333. The van der Waals surface area contributed by atoms with Gasteiger partial charge in [0.15, 0.2) is 0 Å². The summed E-state index contributed by atoms with van der Waals surface area (Å²) < 4.78 is 1.05. The van der Waals surface area contributed by atoms with E-state index in [9.17, 15) is 9.59 Å². The number of fused-ring (bicyclic) bond motifs is 1. The molecule has 0 saturated carbocycles. The fourth-order valence-corrected chi connectivity index (χ4v) is 4.84. The molecule has 0 aromatic carbocycles. The third kappa shape index (κ3) is 2.13. The quantitative estimate of drug-likeness (QED) is 0.926. The Bertz CT molecular complexity index is 664. The van der Waals surface area contributed by atoms with Crippen molar-refractivity contribution in [2.75, 3.05) is 13.1 Å². The maximum Gasteiger partial charge on any atom is 0.265 e. The number of carbonyl (C=O) groups is 2. The Labute approximate surface area is 122 Å². The Balaban J connectivity index is 1.86.